The molecule has 0 unspecified atom stereocenters. The van der Waals surface area contributed by atoms with Crippen molar-refractivity contribution in [3.05, 3.63) is 53.8 Å². The van der Waals surface area contributed by atoms with Crippen molar-refractivity contribution >= 4 is 11.6 Å². The molecule has 0 saturated carbocycles. The highest BCUT2D eigenvalue weighted by atomic mass is 35.5. The summed E-state index contributed by atoms with van der Waals surface area (Å²) in [5.41, 5.74) is 1.20. The fourth-order valence-electron chi connectivity index (χ4n) is 1.71. The molecule has 0 N–H and O–H groups in total. The third-order valence-corrected chi connectivity index (χ3v) is 2.89. The van der Waals surface area contributed by atoms with Gasteiger partial charge in [0.25, 0.3) is 0 Å². The maximum absolute atomic E-state index is 13.6. The van der Waals surface area contributed by atoms with E-state index in [-0.39, 0.29) is 11.6 Å². The quantitative estimate of drug-likeness (QED) is 0.564. The van der Waals surface area contributed by atoms with Gasteiger partial charge in [0, 0.05) is 5.56 Å². The van der Waals surface area contributed by atoms with Crippen molar-refractivity contribution in [1.82, 2.24) is 0 Å². The zero-order valence-corrected chi connectivity index (χ0v) is 10.8. The Morgan fingerprint density at radius 1 is 1.00 bits per heavy atom. The average Bonchev–Trinajstić information content (AvgIpc) is 2.37. The van der Waals surface area contributed by atoms with Crippen LogP contribution in [0.25, 0.3) is 11.1 Å². The van der Waals surface area contributed by atoms with Crippen molar-refractivity contribution in [3.8, 4) is 16.9 Å². The second kappa shape index (κ2) is 5.71. The summed E-state index contributed by atoms with van der Waals surface area (Å²) >= 11 is 5.54. The molecule has 20 heavy (non-hydrogen) atoms. The molecule has 0 aliphatic rings. The van der Waals surface area contributed by atoms with E-state index in [9.17, 15) is 17.6 Å². The second-order valence-electron chi connectivity index (χ2n) is 4.02. The fourth-order valence-corrected chi connectivity index (χ4v) is 1.92. The molecule has 2 aromatic carbocycles. The van der Waals surface area contributed by atoms with Crippen molar-refractivity contribution in [2.45, 2.75) is 12.2 Å². The van der Waals surface area contributed by atoms with Crippen LogP contribution >= 0.6 is 11.6 Å². The Bertz CT molecular complexity index is 610. The van der Waals surface area contributed by atoms with Crippen molar-refractivity contribution < 1.29 is 22.3 Å². The van der Waals surface area contributed by atoms with Gasteiger partial charge in [0.1, 0.15) is 11.6 Å². The molecule has 0 aliphatic heterocycles. The summed E-state index contributed by atoms with van der Waals surface area (Å²) in [6, 6.07) is 9.66. The predicted molar refractivity (Wildman–Crippen MR) is 68.1 cm³/mol. The molecule has 0 amide bonds. The summed E-state index contributed by atoms with van der Waals surface area (Å²) in [7, 11) is 0. The van der Waals surface area contributed by atoms with E-state index in [1.807, 2.05) is 0 Å². The first kappa shape index (κ1) is 14.7. The Labute approximate surface area is 117 Å². The van der Waals surface area contributed by atoms with Gasteiger partial charge < -0.3 is 4.74 Å². The number of benzene rings is 2. The first-order valence-corrected chi connectivity index (χ1v) is 6.13. The van der Waals surface area contributed by atoms with E-state index in [0.29, 0.717) is 16.7 Å². The van der Waals surface area contributed by atoms with E-state index in [1.54, 1.807) is 12.1 Å². The summed E-state index contributed by atoms with van der Waals surface area (Å²) in [5, 5.41) is 0. The third-order valence-electron chi connectivity index (χ3n) is 2.60. The number of halogens is 5. The summed E-state index contributed by atoms with van der Waals surface area (Å²) < 4.78 is 53.9. The normalized spacial score (nSPS) is 11.4. The van der Waals surface area contributed by atoms with Crippen LogP contribution in [-0.4, -0.2) is 6.36 Å². The molecule has 106 valence electrons. The molecule has 0 fully saturated rings. The van der Waals surface area contributed by atoms with Gasteiger partial charge in [-0.15, -0.1) is 24.8 Å². The SMILES string of the molecule is Fc1cc(-c2cccc(OC(F)(F)F)c2)ccc1CCl. The zero-order valence-electron chi connectivity index (χ0n) is 10.0. The Balaban J connectivity index is 2.33. The molecule has 6 heteroatoms. The van der Waals surface area contributed by atoms with Gasteiger partial charge in [-0.3, -0.25) is 0 Å². The maximum Gasteiger partial charge on any atom is 0.573 e. The van der Waals surface area contributed by atoms with E-state index in [1.165, 1.54) is 30.3 Å². The smallest absolute Gasteiger partial charge is 0.406 e. The van der Waals surface area contributed by atoms with Crippen LogP contribution in [0.4, 0.5) is 17.6 Å². The van der Waals surface area contributed by atoms with Crippen LogP contribution in [-0.2, 0) is 5.88 Å². The predicted octanol–water partition coefficient (Wildman–Crippen LogP) is 5.13. The zero-order chi connectivity index (χ0) is 14.8. The van der Waals surface area contributed by atoms with Crippen LogP contribution < -0.4 is 4.74 Å². The number of alkyl halides is 4. The van der Waals surface area contributed by atoms with E-state index >= 15 is 0 Å². The minimum Gasteiger partial charge on any atom is -0.406 e. The highest BCUT2D eigenvalue weighted by Crippen LogP contribution is 2.29. The average molecular weight is 305 g/mol. The largest absolute Gasteiger partial charge is 0.573 e. The number of hydrogen-bond acceptors (Lipinski definition) is 1. The molecule has 2 rings (SSSR count). The van der Waals surface area contributed by atoms with Gasteiger partial charge in [0.2, 0.25) is 0 Å². The van der Waals surface area contributed by atoms with Gasteiger partial charge in [-0.1, -0.05) is 24.3 Å². The molecule has 0 heterocycles. The van der Waals surface area contributed by atoms with Crippen molar-refractivity contribution in [2.24, 2.45) is 0 Å². The molecule has 0 radical (unpaired) electrons. The third kappa shape index (κ3) is 3.63. The molecular formula is C14H9ClF4O. The van der Waals surface area contributed by atoms with Crippen molar-refractivity contribution in [2.75, 3.05) is 0 Å². The molecule has 2 aromatic rings. The lowest BCUT2D eigenvalue weighted by molar-refractivity contribution is -0.274. The number of rotatable bonds is 3. The lowest BCUT2D eigenvalue weighted by atomic mass is 10.0. The highest BCUT2D eigenvalue weighted by molar-refractivity contribution is 6.17. The first-order chi connectivity index (χ1) is 9.39. The summed E-state index contributed by atoms with van der Waals surface area (Å²) in [6.45, 7) is 0. The van der Waals surface area contributed by atoms with E-state index in [4.69, 9.17) is 11.6 Å². The Morgan fingerprint density at radius 2 is 1.70 bits per heavy atom. The molecule has 0 aliphatic carbocycles. The lowest BCUT2D eigenvalue weighted by Crippen LogP contribution is -2.17. The Morgan fingerprint density at radius 3 is 2.30 bits per heavy atom. The number of hydrogen-bond donors (Lipinski definition) is 0. The fraction of sp³-hybridized carbons (Fsp3) is 0.143. The maximum atomic E-state index is 13.6. The Kier molecular flexibility index (Phi) is 4.18. The minimum atomic E-state index is -4.76. The van der Waals surface area contributed by atoms with Crippen LogP contribution in [0.5, 0.6) is 5.75 Å². The topological polar surface area (TPSA) is 9.23 Å². The van der Waals surface area contributed by atoms with Gasteiger partial charge in [-0.2, -0.15) is 0 Å². The molecule has 0 spiro atoms. The van der Waals surface area contributed by atoms with Gasteiger partial charge >= 0.3 is 6.36 Å². The summed E-state index contributed by atoms with van der Waals surface area (Å²) in [4.78, 5) is 0. The standard InChI is InChI=1S/C14H9ClF4O/c15-8-11-5-4-10(7-13(11)16)9-2-1-3-12(6-9)20-14(17,18)19/h1-7H,8H2. The van der Waals surface area contributed by atoms with Crippen LogP contribution in [0, 0.1) is 5.82 Å². The van der Waals surface area contributed by atoms with Crippen LogP contribution in [0.3, 0.4) is 0 Å². The van der Waals surface area contributed by atoms with Crippen LogP contribution in [0.2, 0.25) is 0 Å². The van der Waals surface area contributed by atoms with Crippen molar-refractivity contribution in [1.29, 1.82) is 0 Å². The monoisotopic (exact) mass is 304 g/mol. The second-order valence-corrected chi connectivity index (χ2v) is 4.28. The molecule has 0 aromatic heterocycles. The lowest BCUT2D eigenvalue weighted by Gasteiger charge is -2.10. The van der Waals surface area contributed by atoms with Gasteiger partial charge in [0.05, 0.1) is 5.88 Å². The van der Waals surface area contributed by atoms with E-state index in [2.05, 4.69) is 4.74 Å². The summed E-state index contributed by atoms with van der Waals surface area (Å²) in [5.74, 6) is -0.819. The van der Waals surface area contributed by atoms with Gasteiger partial charge in [-0.25, -0.2) is 4.39 Å². The van der Waals surface area contributed by atoms with Gasteiger partial charge in [0.15, 0.2) is 0 Å². The van der Waals surface area contributed by atoms with E-state index < -0.39 is 12.2 Å². The molecule has 0 atom stereocenters. The van der Waals surface area contributed by atoms with Crippen LogP contribution in [0.1, 0.15) is 5.56 Å². The van der Waals surface area contributed by atoms with Crippen LogP contribution in [0.15, 0.2) is 42.5 Å². The van der Waals surface area contributed by atoms with Crippen molar-refractivity contribution in [3.63, 3.8) is 0 Å². The van der Waals surface area contributed by atoms with Gasteiger partial charge in [-0.05, 0) is 29.3 Å². The molecule has 1 nitrogen and oxygen atoms in total. The summed E-state index contributed by atoms with van der Waals surface area (Å²) in [6.07, 6.45) is -4.76. The molecular weight excluding hydrogens is 296 g/mol. The molecule has 0 bridgehead atoms. The minimum absolute atomic E-state index is 0.0311. The first-order valence-electron chi connectivity index (χ1n) is 5.59. The highest BCUT2D eigenvalue weighted by Gasteiger charge is 2.31. The number of ether oxygens (including phenoxy) is 1. The molecule has 0 saturated heterocycles. The Hall–Kier alpha value is -1.75. The van der Waals surface area contributed by atoms with E-state index in [0.717, 1.165) is 0 Å².